The third kappa shape index (κ3) is 5.14. The number of hydrogen-bond acceptors (Lipinski definition) is 7. The SMILES string of the molecule is CCOc1ccc(C(=O)O[C@H](C)C(=O)Nc2cccnc2Cl)cc1[N+](=O)[O-]. The van der Waals surface area contributed by atoms with E-state index in [1.54, 1.807) is 13.0 Å². The van der Waals surface area contributed by atoms with Crippen molar-refractivity contribution in [2.75, 3.05) is 11.9 Å². The number of rotatable bonds is 7. The van der Waals surface area contributed by atoms with Crippen LogP contribution in [0.25, 0.3) is 0 Å². The van der Waals surface area contributed by atoms with Crippen LogP contribution in [0, 0.1) is 10.1 Å². The minimum Gasteiger partial charge on any atom is -0.487 e. The molecule has 2 rings (SSSR count). The highest BCUT2D eigenvalue weighted by Gasteiger charge is 2.23. The number of nitrogens with one attached hydrogen (secondary N) is 1. The van der Waals surface area contributed by atoms with E-state index < -0.39 is 22.9 Å². The Morgan fingerprint density at radius 2 is 2.11 bits per heavy atom. The number of aromatic nitrogens is 1. The predicted molar refractivity (Wildman–Crippen MR) is 97.0 cm³/mol. The van der Waals surface area contributed by atoms with E-state index in [2.05, 4.69) is 10.3 Å². The van der Waals surface area contributed by atoms with Gasteiger partial charge in [-0.2, -0.15) is 0 Å². The van der Waals surface area contributed by atoms with Crippen LogP contribution in [0.4, 0.5) is 11.4 Å². The van der Waals surface area contributed by atoms with Gasteiger partial charge in [-0.3, -0.25) is 14.9 Å². The summed E-state index contributed by atoms with van der Waals surface area (Å²) in [4.78, 5) is 38.6. The molecular weight excluding hydrogens is 378 g/mol. The van der Waals surface area contributed by atoms with Crippen LogP contribution in [-0.2, 0) is 9.53 Å². The fourth-order valence-electron chi connectivity index (χ4n) is 2.06. The van der Waals surface area contributed by atoms with E-state index in [4.69, 9.17) is 21.1 Å². The maximum atomic E-state index is 12.2. The average Bonchev–Trinajstić information content (AvgIpc) is 2.63. The first kappa shape index (κ1) is 20.1. The minimum absolute atomic E-state index is 0.0380. The second-order valence-electron chi connectivity index (χ2n) is 5.25. The summed E-state index contributed by atoms with van der Waals surface area (Å²) in [6, 6.07) is 6.78. The number of ether oxygens (including phenoxy) is 2. The second-order valence-corrected chi connectivity index (χ2v) is 5.61. The minimum atomic E-state index is -1.17. The molecule has 0 aliphatic heterocycles. The number of esters is 1. The molecule has 27 heavy (non-hydrogen) atoms. The van der Waals surface area contributed by atoms with E-state index in [1.807, 2.05) is 0 Å². The number of nitro groups is 1. The van der Waals surface area contributed by atoms with Gasteiger partial charge in [0.1, 0.15) is 0 Å². The van der Waals surface area contributed by atoms with Gasteiger partial charge >= 0.3 is 11.7 Å². The third-order valence-corrected chi connectivity index (χ3v) is 3.66. The molecule has 10 heteroatoms. The molecule has 1 heterocycles. The van der Waals surface area contributed by atoms with Crippen LogP contribution in [0.2, 0.25) is 5.15 Å². The number of carbonyl (C=O) groups excluding carboxylic acids is 2. The standard InChI is InChI=1S/C17H16ClN3O6/c1-3-26-14-7-6-11(9-13(14)21(24)25)17(23)27-10(2)16(22)20-12-5-4-8-19-15(12)18/h4-10H,3H2,1-2H3,(H,20,22)/t10-/m1/s1. The lowest BCUT2D eigenvalue weighted by Gasteiger charge is -2.14. The van der Waals surface area contributed by atoms with Gasteiger partial charge in [-0.1, -0.05) is 11.6 Å². The van der Waals surface area contributed by atoms with E-state index >= 15 is 0 Å². The Kier molecular flexibility index (Phi) is 6.67. The first-order chi connectivity index (χ1) is 12.8. The topological polar surface area (TPSA) is 121 Å². The molecule has 1 aromatic carbocycles. The van der Waals surface area contributed by atoms with E-state index in [0.29, 0.717) is 0 Å². The van der Waals surface area contributed by atoms with Gasteiger partial charge in [0.25, 0.3) is 5.91 Å². The first-order valence-electron chi connectivity index (χ1n) is 7.87. The maximum absolute atomic E-state index is 12.2. The highest BCUT2D eigenvalue weighted by molar-refractivity contribution is 6.32. The molecule has 0 bridgehead atoms. The van der Waals surface area contributed by atoms with Crippen molar-refractivity contribution in [3.05, 3.63) is 57.4 Å². The van der Waals surface area contributed by atoms with Gasteiger partial charge in [0, 0.05) is 12.3 Å². The summed E-state index contributed by atoms with van der Waals surface area (Å²) in [5.41, 5.74) is -0.182. The number of anilines is 1. The van der Waals surface area contributed by atoms with Crippen molar-refractivity contribution in [2.24, 2.45) is 0 Å². The number of pyridine rings is 1. The number of nitrogens with zero attached hydrogens (tertiary/aromatic N) is 2. The number of carbonyl (C=O) groups is 2. The zero-order valence-corrected chi connectivity index (χ0v) is 15.2. The molecule has 1 N–H and O–H groups in total. The van der Waals surface area contributed by atoms with Crippen LogP contribution in [0.1, 0.15) is 24.2 Å². The molecule has 1 atom stereocenters. The molecular formula is C17H16ClN3O6. The van der Waals surface area contributed by atoms with Crippen LogP contribution in [0.15, 0.2) is 36.5 Å². The number of benzene rings is 1. The number of amides is 1. The van der Waals surface area contributed by atoms with Crippen molar-refractivity contribution >= 4 is 34.9 Å². The molecule has 0 unspecified atom stereocenters. The van der Waals surface area contributed by atoms with Gasteiger partial charge in [-0.05, 0) is 38.1 Å². The molecule has 0 saturated carbocycles. The quantitative estimate of drug-likeness (QED) is 0.331. The summed E-state index contributed by atoms with van der Waals surface area (Å²) in [5.74, 6) is -1.48. The Morgan fingerprint density at radius 1 is 1.37 bits per heavy atom. The Balaban J connectivity index is 2.09. The highest BCUT2D eigenvalue weighted by atomic mass is 35.5. The Bertz CT molecular complexity index is 873. The molecule has 142 valence electrons. The van der Waals surface area contributed by atoms with Crippen molar-refractivity contribution in [1.82, 2.24) is 4.98 Å². The Morgan fingerprint density at radius 3 is 2.74 bits per heavy atom. The molecule has 9 nitrogen and oxygen atoms in total. The molecule has 0 aliphatic rings. The average molecular weight is 394 g/mol. The lowest BCUT2D eigenvalue weighted by Crippen LogP contribution is -2.30. The summed E-state index contributed by atoms with van der Waals surface area (Å²) >= 11 is 5.85. The Labute approximate surface area is 159 Å². The number of nitro benzene ring substituents is 1. The monoisotopic (exact) mass is 393 g/mol. The van der Waals surface area contributed by atoms with Crippen LogP contribution in [0.3, 0.4) is 0 Å². The van der Waals surface area contributed by atoms with Crippen molar-refractivity contribution in [1.29, 1.82) is 0 Å². The molecule has 1 aromatic heterocycles. The molecule has 2 aromatic rings. The molecule has 0 fully saturated rings. The molecule has 0 saturated heterocycles. The lowest BCUT2D eigenvalue weighted by molar-refractivity contribution is -0.385. The Hall–Kier alpha value is -3.20. The lowest BCUT2D eigenvalue weighted by atomic mass is 10.2. The molecule has 1 amide bonds. The first-order valence-corrected chi connectivity index (χ1v) is 8.24. The van der Waals surface area contributed by atoms with Gasteiger partial charge in [0.2, 0.25) is 0 Å². The largest absolute Gasteiger partial charge is 0.487 e. The van der Waals surface area contributed by atoms with E-state index in [9.17, 15) is 19.7 Å². The van der Waals surface area contributed by atoms with Crippen molar-refractivity contribution in [3.63, 3.8) is 0 Å². The van der Waals surface area contributed by atoms with Crippen LogP contribution >= 0.6 is 11.6 Å². The van der Waals surface area contributed by atoms with Crippen LogP contribution in [-0.4, -0.2) is 34.5 Å². The highest BCUT2D eigenvalue weighted by Crippen LogP contribution is 2.28. The molecule has 0 radical (unpaired) electrons. The van der Waals surface area contributed by atoms with E-state index in [1.165, 1.54) is 31.3 Å². The van der Waals surface area contributed by atoms with Crippen LogP contribution < -0.4 is 10.1 Å². The van der Waals surface area contributed by atoms with Crippen LogP contribution in [0.5, 0.6) is 5.75 Å². The zero-order chi connectivity index (χ0) is 20.0. The van der Waals surface area contributed by atoms with Crippen molar-refractivity contribution in [3.8, 4) is 5.75 Å². The van der Waals surface area contributed by atoms with E-state index in [-0.39, 0.29) is 34.4 Å². The predicted octanol–water partition coefficient (Wildman–Crippen LogP) is 3.23. The summed E-state index contributed by atoms with van der Waals surface area (Å²) in [6.45, 7) is 3.28. The van der Waals surface area contributed by atoms with Gasteiger partial charge in [-0.25, -0.2) is 9.78 Å². The summed E-state index contributed by atoms with van der Waals surface area (Å²) in [7, 11) is 0. The summed E-state index contributed by atoms with van der Waals surface area (Å²) in [6.07, 6.45) is 0.291. The van der Waals surface area contributed by atoms with Crippen molar-refractivity contribution in [2.45, 2.75) is 20.0 Å². The van der Waals surface area contributed by atoms with Gasteiger partial charge in [-0.15, -0.1) is 0 Å². The fraction of sp³-hybridized carbons (Fsp3) is 0.235. The maximum Gasteiger partial charge on any atom is 0.339 e. The third-order valence-electron chi connectivity index (χ3n) is 3.36. The van der Waals surface area contributed by atoms with Crippen molar-refractivity contribution < 1.29 is 24.0 Å². The number of halogens is 1. The van der Waals surface area contributed by atoms with Gasteiger partial charge in [0.05, 0.1) is 22.8 Å². The number of hydrogen-bond donors (Lipinski definition) is 1. The van der Waals surface area contributed by atoms with Gasteiger partial charge < -0.3 is 14.8 Å². The smallest absolute Gasteiger partial charge is 0.339 e. The summed E-state index contributed by atoms with van der Waals surface area (Å²) in [5, 5.41) is 13.7. The normalized spacial score (nSPS) is 11.4. The fourth-order valence-corrected chi connectivity index (χ4v) is 2.23. The molecule has 0 spiro atoms. The van der Waals surface area contributed by atoms with Gasteiger partial charge in [0.15, 0.2) is 17.0 Å². The molecule has 0 aliphatic carbocycles. The van der Waals surface area contributed by atoms with E-state index in [0.717, 1.165) is 6.07 Å². The summed E-state index contributed by atoms with van der Waals surface area (Å²) < 4.78 is 10.2. The zero-order valence-electron chi connectivity index (χ0n) is 14.5. The second kappa shape index (κ2) is 8.95.